The highest BCUT2D eigenvalue weighted by Crippen LogP contribution is 2.24. The normalized spacial score (nSPS) is 21.3. The molecule has 1 aliphatic rings. The molecule has 1 unspecified atom stereocenters. The fourth-order valence-corrected chi connectivity index (χ4v) is 2.42. The summed E-state index contributed by atoms with van der Waals surface area (Å²) in [7, 11) is 0. The van der Waals surface area contributed by atoms with Gasteiger partial charge in [-0.15, -0.1) is 11.6 Å². The number of anilines is 1. The third-order valence-corrected chi connectivity index (χ3v) is 3.35. The van der Waals surface area contributed by atoms with Gasteiger partial charge in [-0.2, -0.15) is 0 Å². The van der Waals surface area contributed by atoms with E-state index in [2.05, 4.69) is 11.1 Å². The number of alkyl halides is 1. The van der Waals surface area contributed by atoms with Crippen molar-refractivity contribution in [3.05, 3.63) is 35.7 Å². The molecule has 1 aliphatic carbocycles. The highest BCUT2D eigenvalue weighted by atomic mass is 35.5. The van der Waals surface area contributed by atoms with Crippen LogP contribution in [0.25, 0.3) is 0 Å². The van der Waals surface area contributed by atoms with E-state index in [9.17, 15) is 0 Å². The summed E-state index contributed by atoms with van der Waals surface area (Å²) in [6, 6.07) is 1.85. The van der Waals surface area contributed by atoms with E-state index >= 15 is 0 Å². The van der Waals surface area contributed by atoms with Gasteiger partial charge in [0, 0.05) is 18.1 Å². The highest BCUT2D eigenvalue weighted by molar-refractivity contribution is 6.21. The molecule has 0 aliphatic heterocycles. The van der Waals surface area contributed by atoms with Crippen molar-refractivity contribution >= 4 is 17.3 Å². The molecule has 2 nitrogen and oxygen atoms in total. The molecule has 2 rings (SSSR count). The molecular weight excluding hydrogens is 220 g/mol. The van der Waals surface area contributed by atoms with Crippen molar-refractivity contribution < 1.29 is 0 Å². The second-order valence-electron chi connectivity index (χ2n) is 4.34. The summed E-state index contributed by atoms with van der Waals surface area (Å²) in [5, 5.41) is 0.190. The standard InChI is InChI=1S/C13H17ClN2/c14-12-4-2-1-3-10(8-12)7-11-9-16-6-5-13(11)15/h5-6,8-9,12H,1-4,7H2,(H2,15,16). The minimum atomic E-state index is 0.190. The quantitative estimate of drug-likeness (QED) is 0.632. The fraction of sp³-hybridized carbons (Fsp3) is 0.462. The van der Waals surface area contributed by atoms with Gasteiger partial charge in [0.05, 0.1) is 5.38 Å². The van der Waals surface area contributed by atoms with Gasteiger partial charge in [0.2, 0.25) is 0 Å². The molecule has 0 amide bonds. The number of halogens is 1. The lowest BCUT2D eigenvalue weighted by Gasteiger charge is -2.08. The topological polar surface area (TPSA) is 38.9 Å². The molecule has 0 bridgehead atoms. The number of nitrogens with zero attached hydrogens (tertiary/aromatic N) is 1. The van der Waals surface area contributed by atoms with Crippen molar-refractivity contribution in [3.63, 3.8) is 0 Å². The summed E-state index contributed by atoms with van der Waals surface area (Å²) in [4.78, 5) is 4.11. The zero-order chi connectivity index (χ0) is 11.4. The summed E-state index contributed by atoms with van der Waals surface area (Å²) in [5.74, 6) is 0. The third-order valence-electron chi connectivity index (χ3n) is 3.00. The number of nitrogen functional groups attached to an aromatic ring is 1. The Balaban J connectivity index is 2.11. The van der Waals surface area contributed by atoms with Crippen LogP contribution in [0.1, 0.15) is 31.2 Å². The van der Waals surface area contributed by atoms with Gasteiger partial charge in [0.1, 0.15) is 0 Å². The Labute approximate surface area is 102 Å². The molecule has 2 N–H and O–H groups in total. The maximum Gasteiger partial charge on any atom is 0.0518 e. The maximum atomic E-state index is 6.20. The summed E-state index contributed by atoms with van der Waals surface area (Å²) in [6.45, 7) is 0. The number of pyridine rings is 1. The summed E-state index contributed by atoms with van der Waals surface area (Å²) >= 11 is 6.20. The first-order valence-corrected chi connectivity index (χ1v) is 6.21. The van der Waals surface area contributed by atoms with Crippen LogP contribution in [0.3, 0.4) is 0 Å². The molecule has 0 saturated heterocycles. The summed E-state index contributed by atoms with van der Waals surface area (Å²) < 4.78 is 0. The first kappa shape index (κ1) is 11.5. The Morgan fingerprint density at radius 2 is 2.31 bits per heavy atom. The van der Waals surface area contributed by atoms with Crippen LogP contribution in [-0.4, -0.2) is 10.4 Å². The lowest BCUT2D eigenvalue weighted by molar-refractivity contribution is 0.710. The molecule has 0 saturated carbocycles. The minimum Gasteiger partial charge on any atom is -0.398 e. The third kappa shape index (κ3) is 2.99. The molecular formula is C13H17ClN2. The van der Waals surface area contributed by atoms with Crippen LogP contribution in [0.15, 0.2) is 30.1 Å². The summed E-state index contributed by atoms with van der Waals surface area (Å²) in [6.07, 6.45) is 11.3. The molecule has 3 heteroatoms. The van der Waals surface area contributed by atoms with E-state index in [4.69, 9.17) is 17.3 Å². The predicted octanol–water partition coefficient (Wildman–Crippen LogP) is 3.31. The predicted molar refractivity (Wildman–Crippen MR) is 68.5 cm³/mol. The number of rotatable bonds is 2. The van der Waals surface area contributed by atoms with E-state index in [1.807, 2.05) is 12.3 Å². The molecule has 1 aromatic heterocycles. The lowest BCUT2D eigenvalue weighted by atomic mass is 10.0. The van der Waals surface area contributed by atoms with Crippen LogP contribution in [-0.2, 0) is 6.42 Å². The van der Waals surface area contributed by atoms with Crippen molar-refractivity contribution in [1.29, 1.82) is 0 Å². The molecule has 16 heavy (non-hydrogen) atoms. The number of nitrogens with two attached hydrogens (primary N) is 1. The number of aromatic nitrogens is 1. The van der Waals surface area contributed by atoms with Crippen LogP contribution in [0.5, 0.6) is 0 Å². The van der Waals surface area contributed by atoms with Gasteiger partial charge in [-0.1, -0.05) is 18.1 Å². The van der Waals surface area contributed by atoms with Crippen LogP contribution >= 0.6 is 11.6 Å². The highest BCUT2D eigenvalue weighted by Gasteiger charge is 2.11. The SMILES string of the molecule is Nc1ccncc1CC1=CC(Cl)CCCC1. The van der Waals surface area contributed by atoms with E-state index < -0.39 is 0 Å². The van der Waals surface area contributed by atoms with Crippen molar-refractivity contribution in [2.24, 2.45) is 0 Å². The summed E-state index contributed by atoms with van der Waals surface area (Å²) in [5.41, 5.74) is 9.25. The van der Waals surface area contributed by atoms with E-state index in [0.717, 1.165) is 30.5 Å². The van der Waals surface area contributed by atoms with Crippen molar-refractivity contribution in [2.75, 3.05) is 5.73 Å². The minimum absolute atomic E-state index is 0.190. The van der Waals surface area contributed by atoms with E-state index in [0.29, 0.717) is 0 Å². The van der Waals surface area contributed by atoms with Gasteiger partial charge in [-0.05, 0) is 37.3 Å². The molecule has 0 fully saturated rings. The maximum absolute atomic E-state index is 6.20. The zero-order valence-corrected chi connectivity index (χ0v) is 10.1. The lowest BCUT2D eigenvalue weighted by Crippen LogP contribution is -1.99. The Hall–Kier alpha value is -1.02. The van der Waals surface area contributed by atoms with Gasteiger partial charge in [0.25, 0.3) is 0 Å². The van der Waals surface area contributed by atoms with Crippen molar-refractivity contribution in [1.82, 2.24) is 4.98 Å². The number of allylic oxidation sites excluding steroid dienone is 2. The zero-order valence-electron chi connectivity index (χ0n) is 9.32. The number of hydrogen-bond donors (Lipinski definition) is 1. The van der Waals surface area contributed by atoms with Crippen LogP contribution < -0.4 is 5.73 Å². The first-order chi connectivity index (χ1) is 7.75. The molecule has 1 aromatic rings. The molecule has 0 spiro atoms. The smallest absolute Gasteiger partial charge is 0.0518 e. The first-order valence-electron chi connectivity index (χ1n) is 5.77. The average Bonchev–Trinajstić information content (AvgIpc) is 2.46. The van der Waals surface area contributed by atoms with Gasteiger partial charge in [-0.3, -0.25) is 4.98 Å². The molecule has 0 radical (unpaired) electrons. The van der Waals surface area contributed by atoms with Gasteiger partial charge < -0.3 is 5.73 Å². The molecule has 0 aromatic carbocycles. The largest absolute Gasteiger partial charge is 0.398 e. The van der Waals surface area contributed by atoms with Gasteiger partial charge >= 0.3 is 0 Å². The average molecular weight is 237 g/mol. The molecule has 1 heterocycles. The molecule has 86 valence electrons. The Morgan fingerprint density at radius 3 is 3.12 bits per heavy atom. The van der Waals surface area contributed by atoms with Crippen molar-refractivity contribution in [3.8, 4) is 0 Å². The molecule has 1 atom stereocenters. The van der Waals surface area contributed by atoms with Gasteiger partial charge in [-0.25, -0.2) is 0 Å². The van der Waals surface area contributed by atoms with Gasteiger partial charge in [0.15, 0.2) is 0 Å². The van der Waals surface area contributed by atoms with Crippen LogP contribution in [0, 0.1) is 0 Å². The van der Waals surface area contributed by atoms with E-state index in [-0.39, 0.29) is 5.38 Å². The fourth-order valence-electron chi connectivity index (χ4n) is 2.09. The Kier molecular flexibility index (Phi) is 3.83. The van der Waals surface area contributed by atoms with E-state index in [1.54, 1.807) is 6.20 Å². The van der Waals surface area contributed by atoms with Crippen LogP contribution in [0.2, 0.25) is 0 Å². The second kappa shape index (κ2) is 5.35. The van der Waals surface area contributed by atoms with Crippen LogP contribution in [0.4, 0.5) is 5.69 Å². The Morgan fingerprint density at radius 1 is 1.44 bits per heavy atom. The van der Waals surface area contributed by atoms with Crippen molar-refractivity contribution in [2.45, 2.75) is 37.5 Å². The van der Waals surface area contributed by atoms with E-state index in [1.165, 1.54) is 18.4 Å². The second-order valence-corrected chi connectivity index (χ2v) is 4.90. The monoisotopic (exact) mass is 236 g/mol. The Bertz CT molecular complexity index is 387. The number of hydrogen-bond acceptors (Lipinski definition) is 2.